The van der Waals surface area contributed by atoms with Crippen LogP contribution >= 0.6 is 0 Å². The van der Waals surface area contributed by atoms with Crippen molar-refractivity contribution in [1.82, 2.24) is 0 Å². The fourth-order valence-corrected chi connectivity index (χ4v) is 3.62. The number of aliphatic hydroxyl groups excluding tert-OH is 3. The van der Waals surface area contributed by atoms with Crippen molar-refractivity contribution in [2.75, 3.05) is 11.9 Å². The largest absolute Gasteiger partial charge is 0.490 e. The van der Waals surface area contributed by atoms with Gasteiger partial charge in [0.2, 0.25) is 0 Å². The van der Waals surface area contributed by atoms with Crippen LogP contribution < -0.4 is 10.1 Å². The second-order valence-corrected chi connectivity index (χ2v) is 8.83. The van der Waals surface area contributed by atoms with Gasteiger partial charge >= 0.3 is 12.1 Å². The lowest BCUT2D eigenvalue weighted by molar-refractivity contribution is -0.315. The van der Waals surface area contributed by atoms with Gasteiger partial charge < -0.3 is 40.0 Å². The quantitative estimate of drug-likeness (QED) is 0.307. The van der Waals surface area contributed by atoms with Crippen molar-refractivity contribution in [3.05, 3.63) is 59.2 Å². The maximum atomic E-state index is 13.4. The van der Waals surface area contributed by atoms with Crippen molar-refractivity contribution < 1.29 is 57.4 Å². The molecule has 0 spiro atoms. The number of benzene rings is 2. The van der Waals surface area contributed by atoms with Gasteiger partial charge in [0.25, 0.3) is 5.91 Å². The van der Waals surface area contributed by atoms with Crippen molar-refractivity contribution in [3.63, 3.8) is 0 Å². The van der Waals surface area contributed by atoms with Crippen molar-refractivity contribution in [2.24, 2.45) is 0 Å². The van der Waals surface area contributed by atoms with Crippen LogP contribution in [0.3, 0.4) is 0 Å². The molecule has 1 amide bonds. The first-order chi connectivity index (χ1) is 18.7. The van der Waals surface area contributed by atoms with Crippen LogP contribution in [0, 0.1) is 22.7 Å². The van der Waals surface area contributed by atoms with E-state index in [4.69, 9.17) is 24.7 Å². The van der Waals surface area contributed by atoms with Gasteiger partial charge in [-0.05, 0) is 49.4 Å². The highest BCUT2D eigenvalue weighted by Gasteiger charge is 2.51. The summed E-state index contributed by atoms with van der Waals surface area (Å²) in [6, 6.07) is 11.2. The van der Waals surface area contributed by atoms with E-state index in [2.05, 4.69) is 5.32 Å². The Morgan fingerprint density at radius 1 is 1.02 bits per heavy atom. The average molecular weight is 565 g/mol. The van der Waals surface area contributed by atoms with E-state index in [0.717, 1.165) is 19.1 Å². The highest BCUT2D eigenvalue weighted by atomic mass is 19.4. The molecular weight excluding hydrogens is 543 g/mol. The van der Waals surface area contributed by atoms with E-state index in [1.165, 1.54) is 30.3 Å². The first-order valence-electron chi connectivity index (χ1n) is 11.4. The number of alkyl halides is 3. The molecule has 5 N–H and O–H groups in total. The predicted octanol–water partition coefficient (Wildman–Crippen LogP) is 1.13. The number of nitrogens with zero attached hydrogens (tertiary/aromatic N) is 2. The number of hydrogen-bond donors (Lipinski definition) is 5. The summed E-state index contributed by atoms with van der Waals surface area (Å²) in [7, 11) is 0. The Kier molecular flexibility index (Phi) is 8.99. The molecule has 1 heterocycles. The number of amides is 1. The third-order valence-electron chi connectivity index (χ3n) is 5.87. The Morgan fingerprint density at radius 3 is 2.23 bits per heavy atom. The van der Waals surface area contributed by atoms with Crippen LogP contribution in [0.4, 0.5) is 18.9 Å². The molecule has 1 aliphatic rings. The Hall–Kier alpha value is -4.25. The molecule has 3 rings (SSSR count). The summed E-state index contributed by atoms with van der Waals surface area (Å²) in [4.78, 5) is 24.8. The number of carbonyl (C=O) groups excluding carboxylic acids is 1. The van der Waals surface area contributed by atoms with Gasteiger partial charge in [0.15, 0.2) is 18.0 Å². The summed E-state index contributed by atoms with van der Waals surface area (Å²) in [5.41, 5.74) is -4.36. The topological polar surface area (TPSA) is 202 Å². The molecule has 1 aliphatic heterocycles. The predicted molar refractivity (Wildman–Crippen MR) is 125 cm³/mol. The second-order valence-electron chi connectivity index (χ2n) is 8.83. The van der Waals surface area contributed by atoms with Gasteiger partial charge in [-0.25, -0.2) is 4.79 Å². The molecule has 12 nitrogen and oxygen atoms in total. The van der Waals surface area contributed by atoms with E-state index in [0.29, 0.717) is 6.07 Å². The zero-order chi connectivity index (χ0) is 29.8. The number of carbonyl (C=O) groups is 2. The van der Waals surface area contributed by atoms with Gasteiger partial charge in [-0.3, -0.25) is 4.79 Å². The number of carboxylic acids is 1. The maximum Gasteiger partial charge on any atom is 0.417 e. The van der Waals surface area contributed by atoms with E-state index < -0.39 is 77.8 Å². The Bertz CT molecular complexity index is 1340. The third-order valence-corrected chi connectivity index (χ3v) is 5.87. The summed E-state index contributed by atoms with van der Waals surface area (Å²) < 4.78 is 56.4. The van der Waals surface area contributed by atoms with Crippen molar-refractivity contribution in [1.29, 1.82) is 10.5 Å². The minimum absolute atomic E-state index is 0.128. The molecule has 40 heavy (non-hydrogen) atoms. The number of ether oxygens (including phenoxy) is 3. The highest BCUT2D eigenvalue weighted by Crippen LogP contribution is 2.34. The number of aliphatic hydroxyl groups is 3. The van der Waals surface area contributed by atoms with Crippen LogP contribution in [0.1, 0.15) is 23.6 Å². The lowest BCUT2D eigenvalue weighted by atomic mass is 9.98. The molecule has 1 fully saturated rings. The minimum atomic E-state index is -4.92. The SMILES string of the molecule is C[C@@](COc1ccc(C#N)cc1)(OC1OC(C(=O)O)C(O)C(O)C1O)C(=O)Nc1ccc(C#N)c(C(F)(F)F)c1. The van der Waals surface area contributed by atoms with Crippen LogP contribution in [-0.2, 0) is 25.2 Å². The number of nitriles is 2. The van der Waals surface area contributed by atoms with Crippen molar-refractivity contribution in [2.45, 2.75) is 49.4 Å². The Morgan fingerprint density at radius 2 is 1.68 bits per heavy atom. The van der Waals surface area contributed by atoms with Gasteiger partial charge in [0.05, 0.1) is 28.8 Å². The molecule has 0 radical (unpaired) electrons. The minimum Gasteiger partial charge on any atom is -0.490 e. The van der Waals surface area contributed by atoms with Crippen LogP contribution in [0.5, 0.6) is 5.75 Å². The van der Waals surface area contributed by atoms with Gasteiger partial charge in [-0.1, -0.05) is 0 Å². The molecule has 15 heteroatoms. The standard InChI is InChI=1S/C25H22F3N3O9/c1-24(11-38-15-6-2-12(9-29)3-7-15,40-22-19(34)17(32)18(33)20(39-22)21(35)36)23(37)31-14-5-4-13(10-30)16(8-14)25(26,27)28/h2-8,17-20,22,32-34H,11H2,1H3,(H,31,37)(H,35,36)/t17?,18?,19?,20?,22?,24-/m0/s1. The van der Waals surface area contributed by atoms with E-state index in [-0.39, 0.29) is 11.3 Å². The molecule has 2 aromatic rings. The Balaban J connectivity index is 1.93. The van der Waals surface area contributed by atoms with Crippen molar-refractivity contribution >= 4 is 17.6 Å². The number of carboxylic acid groups (broad SMARTS) is 1. The number of rotatable bonds is 8. The molecule has 212 valence electrons. The fraction of sp³-hybridized carbons (Fsp3) is 0.360. The van der Waals surface area contributed by atoms with Crippen LogP contribution in [-0.4, -0.2) is 75.2 Å². The Labute approximate surface area is 224 Å². The number of nitrogens with one attached hydrogen (secondary N) is 1. The molecule has 5 unspecified atom stereocenters. The van der Waals surface area contributed by atoms with Gasteiger partial charge in [0.1, 0.15) is 30.7 Å². The van der Waals surface area contributed by atoms with Gasteiger partial charge in [0, 0.05) is 5.69 Å². The summed E-state index contributed by atoms with van der Waals surface area (Å²) in [6.07, 6.45) is -15.2. The number of aliphatic carboxylic acids is 1. The monoisotopic (exact) mass is 565 g/mol. The molecule has 1 saturated heterocycles. The van der Waals surface area contributed by atoms with Crippen LogP contribution in [0.15, 0.2) is 42.5 Å². The molecule has 6 atom stereocenters. The van der Waals surface area contributed by atoms with Gasteiger partial charge in [-0.2, -0.15) is 23.7 Å². The fourth-order valence-electron chi connectivity index (χ4n) is 3.62. The number of anilines is 1. The van der Waals surface area contributed by atoms with Gasteiger partial charge in [-0.15, -0.1) is 0 Å². The van der Waals surface area contributed by atoms with E-state index in [1.54, 1.807) is 0 Å². The summed E-state index contributed by atoms with van der Waals surface area (Å²) in [6.45, 7) is 0.389. The normalized spacial score (nSPS) is 24.2. The maximum absolute atomic E-state index is 13.4. The smallest absolute Gasteiger partial charge is 0.417 e. The van der Waals surface area contributed by atoms with Crippen molar-refractivity contribution in [3.8, 4) is 17.9 Å². The zero-order valence-corrected chi connectivity index (χ0v) is 20.5. The van der Waals surface area contributed by atoms with E-state index in [1.807, 2.05) is 6.07 Å². The van der Waals surface area contributed by atoms with E-state index in [9.17, 15) is 43.2 Å². The lowest BCUT2D eigenvalue weighted by Gasteiger charge is -2.41. The zero-order valence-electron chi connectivity index (χ0n) is 20.5. The number of hydrogen-bond acceptors (Lipinski definition) is 10. The summed E-state index contributed by atoms with van der Waals surface area (Å²) in [5.74, 6) is -2.74. The van der Waals surface area contributed by atoms with Crippen LogP contribution in [0.2, 0.25) is 0 Å². The average Bonchev–Trinajstić information content (AvgIpc) is 2.91. The third kappa shape index (κ3) is 6.66. The highest BCUT2D eigenvalue weighted by molar-refractivity contribution is 5.97. The molecule has 0 aliphatic carbocycles. The molecule has 2 aromatic carbocycles. The second kappa shape index (κ2) is 11.9. The number of halogens is 3. The van der Waals surface area contributed by atoms with E-state index >= 15 is 0 Å². The first kappa shape index (κ1) is 30.3. The lowest BCUT2D eigenvalue weighted by Crippen LogP contribution is -2.63. The first-order valence-corrected chi connectivity index (χ1v) is 11.4. The summed E-state index contributed by atoms with van der Waals surface area (Å²) >= 11 is 0. The van der Waals surface area contributed by atoms with Crippen LogP contribution in [0.25, 0.3) is 0 Å². The molecule has 0 bridgehead atoms. The molecule has 0 saturated carbocycles. The summed E-state index contributed by atoms with van der Waals surface area (Å²) in [5, 5.41) is 59.8. The molecular formula is C25H22F3N3O9. The molecule has 0 aromatic heterocycles.